The molecule has 0 amide bonds. The molecule has 1 aliphatic rings. The first kappa shape index (κ1) is 13.3. The minimum Gasteiger partial charge on any atom is -0.315 e. The van der Waals surface area contributed by atoms with E-state index in [-0.39, 0.29) is 17.0 Å². The van der Waals surface area contributed by atoms with Crippen molar-refractivity contribution < 1.29 is 8.78 Å². The molecule has 0 saturated carbocycles. The first-order chi connectivity index (χ1) is 9.59. The minimum atomic E-state index is -0.224. The maximum Gasteiger partial charge on any atom is 0.123 e. The second-order valence-electron chi connectivity index (χ2n) is 5.64. The third-order valence-corrected chi connectivity index (χ3v) is 4.22. The van der Waals surface area contributed by atoms with Crippen LogP contribution in [0, 0.1) is 18.6 Å². The number of rotatable bonds is 3. The number of nitrogens with one attached hydrogen (secondary N) is 1. The van der Waals surface area contributed by atoms with Gasteiger partial charge in [0.25, 0.3) is 0 Å². The smallest absolute Gasteiger partial charge is 0.123 e. The molecule has 1 nitrogen and oxygen atoms in total. The summed E-state index contributed by atoms with van der Waals surface area (Å²) in [5.41, 5.74) is 3.18. The van der Waals surface area contributed by atoms with Gasteiger partial charge >= 0.3 is 0 Å². The zero-order chi connectivity index (χ0) is 14.2. The third kappa shape index (κ3) is 2.34. The van der Waals surface area contributed by atoms with E-state index in [9.17, 15) is 8.78 Å². The summed E-state index contributed by atoms with van der Waals surface area (Å²) in [5, 5.41) is 3.28. The van der Waals surface area contributed by atoms with Gasteiger partial charge in [-0.15, -0.1) is 0 Å². The lowest BCUT2D eigenvalue weighted by Crippen LogP contribution is -2.58. The Balaban J connectivity index is 1.93. The van der Waals surface area contributed by atoms with Crippen molar-refractivity contribution in [3.05, 3.63) is 70.8 Å². The van der Waals surface area contributed by atoms with Gasteiger partial charge in [-0.3, -0.25) is 0 Å². The topological polar surface area (TPSA) is 12.0 Å². The van der Waals surface area contributed by atoms with Crippen LogP contribution in [0.3, 0.4) is 0 Å². The van der Waals surface area contributed by atoms with Gasteiger partial charge in [0.2, 0.25) is 0 Å². The van der Waals surface area contributed by atoms with Crippen LogP contribution in [0.5, 0.6) is 0 Å². The summed E-state index contributed by atoms with van der Waals surface area (Å²) in [6.45, 7) is 3.68. The van der Waals surface area contributed by atoms with Gasteiger partial charge in [-0.25, -0.2) is 8.78 Å². The van der Waals surface area contributed by atoms with Gasteiger partial charge in [-0.1, -0.05) is 18.2 Å². The normalized spacial score (nSPS) is 16.8. The Morgan fingerprint density at radius 1 is 1.00 bits per heavy atom. The van der Waals surface area contributed by atoms with Crippen molar-refractivity contribution in [2.24, 2.45) is 0 Å². The van der Waals surface area contributed by atoms with Gasteiger partial charge in [-0.05, 0) is 54.3 Å². The fourth-order valence-corrected chi connectivity index (χ4v) is 2.86. The second kappa shape index (κ2) is 4.98. The third-order valence-electron chi connectivity index (χ3n) is 4.22. The fourth-order valence-electron chi connectivity index (χ4n) is 2.86. The molecule has 0 atom stereocenters. The molecule has 0 aromatic heterocycles. The zero-order valence-corrected chi connectivity index (χ0v) is 11.4. The number of aryl methyl sites for hydroxylation is 1. The Morgan fingerprint density at radius 2 is 1.65 bits per heavy atom. The van der Waals surface area contributed by atoms with Crippen molar-refractivity contribution in [3.63, 3.8) is 0 Å². The Hall–Kier alpha value is -1.74. The van der Waals surface area contributed by atoms with Gasteiger partial charge < -0.3 is 5.32 Å². The van der Waals surface area contributed by atoms with Crippen molar-refractivity contribution in [1.29, 1.82) is 0 Å². The van der Waals surface area contributed by atoms with Crippen molar-refractivity contribution in [2.75, 3.05) is 13.1 Å². The number of hydrogen-bond donors (Lipinski definition) is 1. The molecule has 1 aliphatic heterocycles. The Kier molecular flexibility index (Phi) is 3.30. The summed E-state index contributed by atoms with van der Waals surface area (Å²) in [5.74, 6) is -0.426. The van der Waals surface area contributed by atoms with Crippen LogP contribution in [0.1, 0.15) is 16.7 Å². The molecule has 1 saturated heterocycles. The number of hydrogen-bond acceptors (Lipinski definition) is 1. The molecular weight excluding hydrogens is 256 g/mol. The Labute approximate surface area is 117 Å². The first-order valence-electron chi connectivity index (χ1n) is 6.81. The van der Waals surface area contributed by atoms with Crippen LogP contribution in [-0.4, -0.2) is 13.1 Å². The molecule has 0 aliphatic carbocycles. The monoisotopic (exact) mass is 273 g/mol. The molecule has 0 spiro atoms. The maximum atomic E-state index is 13.4. The second-order valence-corrected chi connectivity index (χ2v) is 5.64. The zero-order valence-electron chi connectivity index (χ0n) is 11.4. The van der Waals surface area contributed by atoms with Crippen molar-refractivity contribution >= 4 is 0 Å². The maximum absolute atomic E-state index is 13.4. The predicted octanol–water partition coefficient (Wildman–Crippen LogP) is 3.36. The molecule has 104 valence electrons. The van der Waals surface area contributed by atoms with E-state index in [0.29, 0.717) is 0 Å². The Morgan fingerprint density at radius 3 is 2.25 bits per heavy atom. The molecule has 0 unspecified atom stereocenters. The van der Waals surface area contributed by atoms with Gasteiger partial charge in [0.15, 0.2) is 0 Å². The van der Waals surface area contributed by atoms with Gasteiger partial charge in [-0.2, -0.15) is 0 Å². The highest BCUT2D eigenvalue weighted by Crippen LogP contribution is 2.33. The summed E-state index contributed by atoms with van der Waals surface area (Å²) in [7, 11) is 0. The number of halogens is 2. The largest absolute Gasteiger partial charge is 0.315 e. The number of benzene rings is 2. The summed E-state index contributed by atoms with van der Waals surface area (Å²) < 4.78 is 26.5. The molecule has 3 rings (SSSR count). The highest BCUT2D eigenvalue weighted by Gasteiger charge is 2.39. The van der Waals surface area contributed by atoms with Crippen LogP contribution < -0.4 is 5.32 Å². The molecule has 0 radical (unpaired) electrons. The Bertz CT molecular complexity index is 615. The van der Waals surface area contributed by atoms with Crippen molar-refractivity contribution in [2.45, 2.75) is 18.8 Å². The lowest BCUT2D eigenvalue weighted by atomic mass is 9.70. The fraction of sp³-hybridized carbons (Fsp3) is 0.294. The van der Waals surface area contributed by atoms with Gasteiger partial charge in [0.05, 0.1) is 0 Å². The van der Waals surface area contributed by atoms with E-state index < -0.39 is 0 Å². The first-order valence-corrected chi connectivity index (χ1v) is 6.81. The molecule has 2 aromatic rings. The van der Waals surface area contributed by atoms with Crippen LogP contribution in [0.2, 0.25) is 0 Å². The lowest BCUT2D eigenvalue weighted by Gasteiger charge is -2.44. The average Bonchev–Trinajstić information content (AvgIpc) is 2.39. The highest BCUT2D eigenvalue weighted by molar-refractivity contribution is 5.36. The molecule has 1 heterocycles. The van der Waals surface area contributed by atoms with Crippen molar-refractivity contribution in [3.8, 4) is 0 Å². The van der Waals surface area contributed by atoms with Gasteiger partial charge in [0, 0.05) is 18.5 Å². The van der Waals surface area contributed by atoms with Crippen LogP contribution >= 0.6 is 0 Å². The van der Waals surface area contributed by atoms with Gasteiger partial charge in [0.1, 0.15) is 11.6 Å². The van der Waals surface area contributed by atoms with E-state index in [0.717, 1.165) is 36.2 Å². The quantitative estimate of drug-likeness (QED) is 0.904. The summed E-state index contributed by atoms with van der Waals surface area (Å²) in [6.07, 6.45) is 0.773. The molecule has 1 N–H and O–H groups in total. The van der Waals surface area contributed by atoms with Crippen LogP contribution in [0.25, 0.3) is 0 Å². The minimum absolute atomic E-state index is 0.0494. The highest BCUT2D eigenvalue weighted by atomic mass is 19.1. The molecule has 3 heteroatoms. The van der Waals surface area contributed by atoms with Crippen LogP contribution in [-0.2, 0) is 11.8 Å². The average molecular weight is 273 g/mol. The predicted molar refractivity (Wildman–Crippen MR) is 75.8 cm³/mol. The van der Waals surface area contributed by atoms with E-state index in [1.54, 1.807) is 6.07 Å². The van der Waals surface area contributed by atoms with E-state index in [1.807, 2.05) is 25.1 Å². The standard InChI is InChI=1S/C17H17F2N/c1-12-2-5-16(19)8-13(12)9-17(10-20-11-17)14-3-6-15(18)7-4-14/h2-8,20H,9-11H2,1H3. The summed E-state index contributed by atoms with van der Waals surface area (Å²) in [4.78, 5) is 0. The summed E-state index contributed by atoms with van der Waals surface area (Å²) >= 11 is 0. The SMILES string of the molecule is Cc1ccc(F)cc1CC1(c2ccc(F)cc2)CNC1. The van der Waals surface area contributed by atoms with E-state index >= 15 is 0 Å². The van der Waals surface area contributed by atoms with E-state index in [2.05, 4.69) is 5.32 Å². The van der Waals surface area contributed by atoms with Crippen LogP contribution in [0.4, 0.5) is 8.78 Å². The van der Waals surface area contributed by atoms with Crippen molar-refractivity contribution in [1.82, 2.24) is 5.32 Å². The van der Waals surface area contributed by atoms with E-state index in [4.69, 9.17) is 0 Å². The molecule has 20 heavy (non-hydrogen) atoms. The summed E-state index contributed by atoms with van der Waals surface area (Å²) in [6, 6.07) is 11.6. The lowest BCUT2D eigenvalue weighted by molar-refractivity contribution is 0.274. The van der Waals surface area contributed by atoms with Crippen LogP contribution in [0.15, 0.2) is 42.5 Å². The molecular formula is C17H17F2N. The van der Waals surface area contributed by atoms with E-state index in [1.165, 1.54) is 18.2 Å². The molecule has 2 aromatic carbocycles. The molecule has 0 bridgehead atoms. The molecule has 1 fully saturated rings.